The molecule has 5 heteroatoms. The third kappa shape index (κ3) is 3.35. The Morgan fingerprint density at radius 3 is 1.88 bits per heavy atom. The fourth-order valence-electron chi connectivity index (χ4n) is 3.39. The smallest absolute Gasteiger partial charge is 0.200 e. The number of ether oxygens (including phenoxy) is 1. The Morgan fingerprint density at radius 1 is 0.808 bits per heavy atom. The number of rotatable bonds is 4. The zero-order valence-electron chi connectivity index (χ0n) is 14.7. The molecule has 0 fully saturated rings. The van der Waals surface area contributed by atoms with Crippen LogP contribution in [0.3, 0.4) is 0 Å². The summed E-state index contributed by atoms with van der Waals surface area (Å²) in [5.41, 5.74) is 0.799. The minimum atomic E-state index is -0.994. The van der Waals surface area contributed by atoms with Gasteiger partial charge in [0.15, 0.2) is 23.2 Å². The van der Waals surface area contributed by atoms with E-state index in [1.165, 1.54) is 19.1 Å². The summed E-state index contributed by atoms with van der Waals surface area (Å²) in [6.45, 7) is 3.46. The summed E-state index contributed by atoms with van der Waals surface area (Å²) in [5, 5.41) is 0. The topological polar surface area (TPSA) is 9.23 Å². The maximum Gasteiger partial charge on any atom is 0.200 e. The van der Waals surface area contributed by atoms with E-state index in [0.717, 1.165) is 0 Å². The van der Waals surface area contributed by atoms with E-state index >= 15 is 0 Å². The first kappa shape index (κ1) is 18.5. The van der Waals surface area contributed by atoms with E-state index in [-0.39, 0.29) is 35.3 Å². The quantitative estimate of drug-likeness (QED) is 0.466. The number of benzene rings is 2. The Kier molecular flexibility index (Phi) is 5.35. The molecule has 1 nitrogen and oxygen atoms in total. The summed E-state index contributed by atoms with van der Waals surface area (Å²) < 4.78 is 61.4. The molecule has 0 radical (unpaired) electrons. The second-order valence-corrected chi connectivity index (χ2v) is 6.49. The number of allylic oxidation sites excluding steroid dienone is 2. The van der Waals surface area contributed by atoms with Crippen LogP contribution in [0.25, 0.3) is 0 Å². The minimum absolute atomic E-state index is 0.108. The second-order valence-electron chi connectivity index (χ2n) is 6.49. The molecule has 0 aromatic heterocycles. The molecule has 0 saturated carbocycles. The normalized spacial score (nSPS) is 19.6. The summed E-state index contributed by atoms with van der Waals surface area (Å²) in [6.07, 6.45) is 4.52. The van der Waals surface area contributed by atoms with Crippen LogP contribution in [-0.4, -0.2) is 6.61 Å². The van der Waals surface area contributed by atoms with Gasteiger partial charge in [-0.3, -0.25) is 0 Å². The SMILES string of the molecule is CCOc1ccc(C2C=CC(c3ccc(C)c(F)c3F)CC2)c(F)c1F. The van der Waals surface area contributed by atoms with Gasteiger partial charge in [0, 0.05) is 11.8 Å². The maximum absolute atomic E-state index is 14.4. The highest BCUT2D eigenvalue weighted by Crippen LogP contribution is 2.39. The van der Waals surface area contributed by atoms with Gasteiger partial charge in [0.05, 0.1) is 6.61 Å². The van der Waals surface area contributed by atoms with Crippen molar-refractivity contribution < 1.29 is 22.3 Å². The summed E-state index contributed by atoms with van der Waals surface area (Å²) >= 11 is 0. The molecule has 0 heterocycles. The van der Waals surface area contributed by atoms with Crippen LogP contribution in [-0.2, 0) is 0 Å². The zero-order valence-corrected chi connectivity index (χ0v) is 14.7. The highest BCUT2D eigenvalue weighted by atomic mass is 19.2. The van der Waals surface area contributed by atoms with Gasteiger partial charge < -0.3 is 4.74 Å². The number of aryl methyl sites for hydroxylation is 1. The molecule has 0 saturated heterocycles. The van der Waals surface area contributed by atoms with Gasteiger partial charge in [0.25, 0.3) is 0 Å². The lowest BCUT2D eigenvalue weighted by molar-refractivity contribution is 0.313. The lowest BCUT2D eigenvalue weighted by Gasteiger charge is -2.24. The Labute approximate surface area is 150 Å². The predicted octanol–water partition coefficient (Wildman–Crippen LogP) is 6.17. The molecule has 0 bridgehead atoms. The van der Waals surface area contributed by atoms with Gasteiger partial charge >= 0.3 is 0 Å². The third-order valence-corrected chi connectivity index (χ3v) is 4.85. The molecular weight excluding hydrogens is 344 g/mol. The predicted molar refractivity (Wildman–Crippen MR) is 92.5 cm³/mol. The summed E-state index contributed by atoms with van der Waals surface area (Å²) in [5.74, 6) is -4.28. The van der Waals surface area contributed by atoms with E-state index in [0.29, 0.717) is 18.4 Å². The number of hydrogen-bond donors (Lipinski definition) is 0. The van der Waals surface area contributed by atoms with Gasteiger partial charge in [0.1, 0.15) is 0 Å². The van der Waals surface area contributed by atoms with Crippen molar-refractivity contribution in [1.82, 2.24) is 0 Å². The van der Waals surface area contributed by atoms with Crippen molar-refractivity contribution in [2.24, 2.45) is 0 Å². The first-order valence-electron chi connectivity index (χ1n) is 8.67. The van der Waals surface area contributed by atoms with Crippen molar-refractivity contribution in [1.29, 1.82) is 0 Å². The van der Waals surface area contributed by atoms with Crippen LogP contribution in [0.15, 0.2) is 36.4 Å². The molecular formula is C21H20F4O. The van der Waals surface area contributed by atoms with Crippen LogP contribution in [0.1, 0.15) is 48.3 Å². The molecule has 3 rings (SSSR count). The third-order valence-electron chi connectivity index (χ3n) is 4.85. The summed E-state index contributed by atoms with van der Waals surface area (Å²) in [4.78, 5) is 0. The highest BCUT2D eigenvalue weighted by Gasteiger charge is 2.26. The molecule has 26 heavy (non-hydrogen) atoms. The summed E-state index contributed by atoms with van der Waals surface area (Å²) in [6, 6.07) is 6.08. The van der Waals surface area contributed by atoms with Gasteiger partial charge in [-0.25, -0.2) is 13.2 Å². The monoisotopic (exact) mass is 364 g/mol. The van der Waals surface area contributed by atoms with Crippen LogP contribution in [0.4, 0.5) is 17.6 Å². The molecule has 2 unspecified atom stereocenters. The fourth-order valence-corrected chi connectivity index (χ4v) is 3.39. The van der Waals surface area contributed by atoms with E-state index < -0.39 is 23.3 Å². The Balaban J connectivity index is 1.84. The standard InChI is InChI=1S/C21H20F4O/c1-3-26-17-11-10-16(20(24)21(17)25)14-7-5-13(6-8-14)15-9-4-12(2)18(22)19(15)23/h4-5,7,9-11,13-14H,3,6,8H2,1-2H3. The van der Waals surface area contributed by atoms with E-state index in [2.05, 4.69) is 0 Å². The molecule has 138 valence electrons. The average molecular weight is 364 g/mol. The van der Waals surface area contributed by atoms with Gasteiger partial charge in [0.2, 0.25) is 5.82 Å². The van der Waals surface area contributed by atoms with Crippen LogP contribution >= 0.6 is 0 Å². The molecule has 2 aromatic carbocycles. The maximum atomic E-state index is 14.4. The number of hydrogen-bond acceptors (Lipinski definition) is 1. The average Bonchev–Trinajstić information content (AvgIpc) is 2.64. The fraction of sp³-hybridized carbons (Fsp3) is 0.333. The van der Waals surface area contributed by atoms with Crippen LogP contribution in [0.2, 0.25) is 0 Å². The van der Waals surface area contributed by atoms with Crippen molar-refractivity contribution in [3.63, 3.8) is 0 Å². The molecule has 2 aromatic rings. The van der Waals surface area contributed by atoms with Gasteiger partial charge in [-0.05, 0) is 49.4 Å². The summed E-state index contributed by atoms with van der Waals surface area (Å²) in [7, 11) is 0. The minimum Gasteiger partial charge on any atom is -0.491 e. The Bertz CT molecular complexity index is 844. The van der Waals surface area contributed by atoms with Crippen molar-refractivity contribution in [3.8, 4) is 5.75 Å². The van der Waals surface area contributed by atoms with E-state index in [9.17, 15) is 17.6 Å². The van der Waals surface area contributed by atoms with Gasteiger partial charge in [-0.2, -0.15) is 4.39 Å². The lowest BCUT2D eigenvalue weighted by Crippen LogP contribution is -2.11. The van der Waals surface area contributed by atoms with Gasteiger partial charge in [-0.1, -0.05) is 30.4 Å². The van der Waals surface area contributed by atoms with Gasteiger partial charge in [-0.15, -0.1) is 0 Å². The Hall–Kier alpha value is -2.30. The van der Waals surface area contributed by atoms with E-state index in [1.807, 2.05) is 0 Å². The molecule has 0 aliphatic heterocycles. The highest BCUT2D eigenvalue weighted by molar-refractivity contribution is 5.37. The van der Waals surface area contributed by atoms with E-state index in [1.54, 1.807) is 31.2 Å². The second kappa shape index (κ2) is 7.52. The molecule has 1 aliphatic carbocycles. The molecule has 1 aliphatic rings. The molecule has 0 N–H and O–H groups in total. The van der Waals surface area contributed by atoms with Crippen molar-refractivity contribution in [2.75, 3.05) is 6.61 Å². The largest absolute Gasteiger partial charge is 0.491 e. The Morgan fingerprint density at radius 2 is 1.35 bits per heavy atom. The molecule has 0 amide bonds. The lowest BCUT2D eigenvalue weighted by atomic mass is 9.81. The van der Waals surface area contributed by atoms with Crippen LogP contribution in [0.5, 0.6) is 5.75 Å². The van der Waals surface area contributed by atoms with Crippen LogP contribution < -0.4 is 4.74 Å². The number of halogens is 4. The molecule has 2 atom stereocenters. The molecule has 0 spiro atoms. The van der Waals surface area contributed by atoms with Crippen LogP contribution in [0, 0.1) is 30.2 Å². The van der Waals surface area contributed by atoms with E-state index in [4.69, 9.17) is 4.74 Å². The van der Waals surface area contributed by atoms with Crippen molar-refractivity contribution in [3.05, 3.63) is 76.4 Å². The van der Waals surface area contributed by atoms with Crippen molar-refractivity contribution in [2.45, 2.75) is 38.5 Å². The first-order valence-corrected chi connectivity index (χ1v) is 8.67. The first-order chi connectivity index (χ1) is 12.4. The zero-order chi connectivity index (χ0) is 18.8. The van der Waals surface area contributed by atoms with Crippen molar-refractivity contribution >= 4 is 0 Å².